The number of rotatable bonds is 3. The van der Waals surface area contributed by atoms with Crippen molar-refractivity contribution in [2.24, 2.45) is 0 Å². The molecule has 0 saturated carbocycles. The molecule has 1 fully saturated rings. The Balaban J connectivity index is 1.47. The van der Waals surface area contributed by atoms with E-state index in [1.807, 2.05) is 18.3 Å². The number of benzene rings is 1. The van der Waals surface area contributed by atoms with E-state index in [0.717, 1.165) is 35.2 Å². The van der Waals surface area contributed by atoms with E-state index in [2.05, 4.69) is 63.1 Å². The highest BCUT2D eigenvalue weighted by molar-refractivity contribution is 5.85. The van der Waals surface area contributed by atoms with Crippen LogP contribution in [0.5, 0.6) is 0 Å². The third-order valence-electron chi connectivity index (χ3n) is 5.43. The van der Waals surface area contributed by atoms with Gasteiger partial charge in [-0.3, -0.25) is 0 Å². The Bertz CT molecular complexity index is 1100. The van der Waals surface area contributed by atoms with Crippen LogP contribution < -0.4 is 10.2 Å². The minimum absolute atomic E-state index is 0.597. The van der Waals surface area contributed by atoms with Crippen molar-refractivity contribution in [2.45, 2.75) is 18.9 Å². The number of aromatic nitrogens is 5. The number of hydrogen-bond donors (Lipinski definition) is 1. The lowest BCUT2D eigenvalue weighted by atomic mass is 10.0. The fourth-order valence-electron chi connectivity index (χ4n) is 3.80. The number of tetrazole rings is 1. The monoisotopic (exact) mass is 359 g/mol. The number of hydrogen-bond acceptors (Lipinski definition) is 6. The summed E-state index contributed by atoms with van der Waals surface area (Å²) in [7, 11) is 2.20. The summed E-state index contributed by atoms with van der Waals surface area (Å²) in [5, 5.41) is 16.2. The van der Waals surface area contributed by atoms with Gasteiger partial charge in [0.2, 0.25) is 0 Å². The van der Waals surface area contributed by atoms with Crippen molar-refractivity contribution in [3.05, 3.63) is 48.7 Å². The Hall–Kier alpha value is -3.06. The molecule has 27 heavy (non-hydrogen) atoms. The molecule has 0 radical (unpaired) electrons. The van der Waals surface area contributed by atoms with Crippen LogP contribution >= 0.6 is 0 Å². The third kappa shape index (κ3) is 3.00. The summed E-state index contributed by atoms with van der Waals surface area (Å²) < 4.78 is 1.65. The Kier molecular flexibility index (Phi) is 3.94. The Labute approximate surface area is 157 Å². The molecule has 1 aliphatic rings. The molecule has 0 bridgehead atoms. The zero-order chi connectivity index (χ0) is 18.2. The lowest BCUT2D eigenvalue weighted by molar-refractivity contribution is 0.443. The summed E-state index contributed by atoms with van der Waals surface area (Å²) >= 11 is 0. The average Bonchev–Trinajstić information content (AvgIpc) is 3.21. The van der Waals surface area contributed by atoms with Crippen LogP contribution in [-0.2, 0) is 0 Å². The summed E-state index contributed by atoms with van der Waals surface area (Å²) in [6.45, 7) is 2.19. The van der Waals surface area contributed by atoms with Crippen LogP contribution in [0, 0.1) is 0 Å². The standard InChI is InChI=1S/C20H21N7/c1-26(16-6-9-21-10-7-16)17-3-5-19-14(12-17)2-4-18(22-19)15-8-11-27-20(13-15)23-24-25-27/h2-5,8,11-13,16,21H,6-7,9-10H2,1H3. The number of pyridine rings is 2. The van der Waals surface area contributed by atoms with E-state index in [1.54, 1.807) is 4.52 Å². The highest BCUT2D eigenvalue weighted by Crippen LogP contribution is 2.27. The van der Waals surface area contributed by atoms with Crippen molar-refractivity contribution >= 4 is 22.2 Å². The van der Waals surface area contributed by atoms with Crippen LogP contribution in [0.2, 0.25) is 0 Å². The van der Waals surface area contributed by atoms with E-state index in [1.165, 1.54) is 18.5 Å². The van der Waals surface area contributed by atoms with Gasteiger partial charge < -0.3 is 10.2 Å². The van der Waals surface area contributed by atoms with Crippen molar-refractivity contribution in [1.29, 1.82) is 0 Å². The molecule has 0 spiro atoms. The first kappa shape index (κ1) is 16.1. The first-order valence-corrected chi connectivity index (χ1v) is 9.30. The molecule has 1 aliphatic heterocycles. The maximum absolute atomic E-state index is 4.84. The second-order valence-corrected chi connectivity index (χ2v) is 7.06. The molecule has 5 rings (SSSR count). The normalized spacial score (nSPS) is 15.4. The van der Waals surface area contributed by atoms with E-state index in [4.69, 9.17) is 4.98 Å². The highest BCUT2D eigenvalue weighted by atomic mass is 15.5. The van der Waals surface area contributed by atoms with Crippen molar-refractivity contribution in [2.75, 3.05) is 25.0 Å². The minimum atomic E-state index is 0.597. The number of piperidine rings is 1. The average molecular weight is 359 g/mol. The van der Waals surface area contributed by atoms with Gasteiger partial charge in [0.05, 0.1) is 11.2 Å². The SMILES string of the molecule is CN(c1ccc2nc(-c3ccn4nnnc4c3)ccc2c1)C1CCNCC1. The second-order valence-electron chi connectivity index (χ2n) is 7.06. The molecule has 0 amide bonds. The summed E-state index contributed by atoms with van der Waals surface area (Å²) in [5.74, 6) is 0. The molecular weight excluding hydrogens is 338 g/mol. The van der Waals surface area contributed by atoms with Gasteiger partial charge in [0.25, 0.3) is 0 Å². The maximum atomic E-state index is 4.84. The zero-order valence-corrected chi connectivity index (χ0v) is 15.2. The molecule has 0 atom stereocenters. The minimum Gasteiger partial charge on any atom is -0.371 e. The number of fused-ring (bicyclic) bond motifs is 2. The van der Waals surface area contributed by atoms with Crippen LogP contribution in [0.4, 0.5) is 5.69 Å². The topological polar surface area (TPSA) is 71.2 Å². The van der Waals surface area contributed by atoms with Crippen LogP contribution in [0.15, 0.2) is 48.7 Å². The van der Waals surface area contributed by atoms with Gasteiger partial charge in [-0.25, -0.2) is 9.50 Å². The van der Waals surface area contributed by atoms with E-state index in [0.29, 0.717) is 11.7 Å². The van der Waals surface area contributed by atoms with Gasteiger partial charge in [0.1, 0.15) is 0 Å². The van der Waals surface area contributed by atoms with Crippen molar-refractivity contribution < 1.29 is 0 Å². The van der Waals surface area contributed by atoms with Crippen molar-refractivity contribution in [1.82, 2.24) is 30.3 Å². The number of nitrogens with one attached hydrogen (secondary N) is 1. The third-order valence-corrected chi connectivity index (χ3v) is 5.43. The first-order chi connectivity index (χ1) is 13.3. The Morgan fingerprint density at radius 3 is 2.85 bits per heavy atom. The van der Waals surface area contributed by atoms with Gasteiger partial charge in [0, 0.05) is 35.9 Å². The van der Waals surface area contributed by atoms with E-state index < -0.39 is 0 Å². The fraction of sp³-hybridized carbons (Fsp3) is 0.300. The lowest BCUT2D eigenvalue weighted by Crippen LogP contribution is -2.41. The largest absolute Gasteiger partial charge is 0.371 e. The van der Waals surface area contributed by atoms with Gasteiger partial charge in [-0.15, -0.1) is 5.10 Å². The molecule has 136 valence electrons. The Morgan fingerprint density at radius 2 is 1.96 bits per heavy atom. The predicted octanol–water partition coefficient (Wildman–Crippen LogP) is 2.53. The van der Waals surface area contributed by atoms with Crippen LogP contribution in [0.3, 0.4) is 0 Å². The molecule has 4 aromatic rings. The molecule has 7 heteroatoms. The quantitative estimate of drug-likeness (QED) is 0.606. The molecule has 1 N–H and O–H groups in total. The molecule has 1 saturated heterocycles. The van der Waals surface area contributed by atoms with E-state index in [9.17, 15) is 0 Å². The van der Waals surface area contributed by atoms with Gasteiger partial charge in [-0.1, -0.05) is 6.07 Å². The van der Waals surface area contributed by atoms with Gasteiger partial charge in [-0.05, 0) is 72.8 Å². The Morgan fingerprint density at radius 1 is 1.07 bits per heavy atom. The summed E-state index contributed by atoms with van der Waals surface area (Å²) in [6, 6.07) is 15.3. The lowest BCUT2D eigenvalue weighted by Gasteiger charge is -2.33. The molecule has 3 aromatic heterocycles. The summed E-state index contributed by atoms with van der Waals surface area (Å²) in [6.07, 6.45) is 4.23. The summed E-state index contributed by atoms with van der Waals surface area (Å²) in [5.41, 5.74) is 4.89. The second kappa shape index (κ2) is 6.59. The number of nitrogens with zero attached hydrogens (tertiary/aromatic N) is 6. The van der Waals surface area contributed by atoms with Crippen LogP contribution in [0.25, 0.3) is 27.8 Å². The summed E-state index contributed by atoms with van der Waals surface area (Å²) in [4.78, 5) is 7.25. The molecule has 0 unspecified atom stereocenters. The maximum Gasteiger partial charge on any atom is 0.179 e. The zero-order valence-electron chi connectivity index (χ0n) is 15.2. The van der Waals surface area contributed by atoms with Crippen molar-refractivity contribution in [3.8, 4) is 11.3 Å². The first-order valence-electron chi connectivity index (χ1n) is 9.30. The van der Waals surface area contributed by atoms with Gasteiger partial charge in [-0.2, -0.15) is 0 Å². The molecule has 0 aliphatic carbocycles. The smallest absolute Gasteiger partial charge is 0.179 e. The van der Waals surface area contributed by atoms with Crippen molar-refractivity contribution in [3.63, 3.8) is 0 Å². The predicted molar refractivity (Wildman–Crippen MR) is 106 cm³/mol. The molecule has 4 heterocycles. The van der Waals surface area contributed by atoms with Crippen LogP contribution in [0.1, 0.15) is 12.8 Å². The molecular formula is C20H21N7. The van der Waals surface area contributed by atoms with E-state index in [-0.39, 0.29) is 0 Å². The van der Waals surface area contributed by atoms with Gasteiger partial charge >= 0.3 is 0 Å². The van der Waals surface area contributed by atoms with Crippen LogP contribution in [-0.4, -0.2) is 51.2 Å². The molecule has 1 aromatic carbocycles. The fourth-order valence-corrected chi connectivity index (χ4v) is 3.80. The number of anilines is 1. The van der Waals surface area contributed by atoms with Gasteiger partial charge in [0.15, 0.2) is 5.65 Å². The highest BCUT2D eigenvalue weighted by Gasteiger charge is 2.18. The van der Waals surface area contributed by atoms with E-state index >= 15 is 0 Å². The molecule has 7 nitrogen and oxygen atoms in total.